The quantitative estimate of drug-likeness (QED) is 0.317. The number of anilines is 1. The molecule has 0 unspecified atom stereocenters. The highest BCUT2D eigenvalue weighted by atomic mass is 32.1. The number of benzene rings is 3. The van der Waals surface area contributed by atoms with Crippen LogP contribution in [0.3, 0.4) is 0 Å². The molecule has 0 bridgehead atoms. The maximum atomic E-state index is 13.7. The molecule has 0 fully saturated rings. The first-order valence-corrected chi connectivity index (χ1v) is 12.2. The highest BCUT2D eigenvalue weighted by molar-refractivity contribution is 7.10. The minimum Gasteiger partial charge on any atom is -0.350 e. The summed E-state index contributed by atoms with van der Waals surface area (Å²) in [6.07, 6.45) is 0.168. The summed E-state index contributed by atoms with van der Waals surface area (Å²) in [5.74, 6) is -0.546. The molecule has 1 aromatic heterocycles. The van der Waals surface area contributed by atoms with Crippen LogP contribution in [0.1, 0.15) is 39.3 Å². The van der Waals surface area contributed by atoms with Crippen molar-refractivity contribution in [2.75, 3.05) is 4.90 Å². The predicted molar refractivity (Wildman–Crippen MR) is 139 cm³/mol. The molecule has 0 saturated carbocycles. The van der Waals surface area contributed by atoms with E-state index in [1.54, 1.807) is 29.2 Å². The van der Waals surface area contributed by atoms with Crippen LogP contribution in [0.4, 0.5) is 5.69 Å². The molecule has 1 atom stereocenters. The largest absolute Gasteiger partial charge is 0.350 e. The third-order valence-electron chi connectivity index (χ3n) is 5.66. The van der Waals surface area contributed by atoms with E-state index in [4.69, 9.17) is 0 Å². The molecule has 0 aliphatic carbocycles. The Morgan fingerprint density at radius 3 is 2.09 bits per heavy atom. The average Bonchev–Trinajstić information content (AvgIpc) is 3.40. The standard InChI is InChI=1S/C29H26N2O3S/c1-21(32)23-14-16-25(17-15-23)31(27(33)19-26-13-8-18-35-26)28(24-11-6-3-7-12-24)29(34)30-20-22-9-4-2-5-10-22/h2-18,28H,19-20H2,1H3,(H,30,34)/t28-/m1/s1. The Morgan fingerprint density at radius 1 is 0.829 bits per heavy atom. The molecule has 5 nitrogen and oxygen atoms in total. The molecule has 3 aromatic carbocycles. The Labute approximate surface area is 209 Å². The highest BCUT2D eigenvalue weighted by Crippen LogP contribution is 2.30. The smallest absolute Gasteiger partial charge is 0.248 e. The lowest BCUT2D eigenvalue weighted by Crippen LogP contribution is -2.44. The van der Waals surface area contributed by atoms with Crippen molar-refractivity contribution in [1.82, 2.24) is 5.32 Å². The van der Waals surface area contributed by atoms with Gasteiger partial charge in [-0.25, -0.2) is 0 Å². The summed E-state index contributed by atoms with van der Waals surface area (Å²) < 4.78 is 0. The summed E-state index contributed by atoms with van der Waals surface area (Å²) >= 11 is 1.50. The summed E-state index contributed by atoms with van der Waals surface area (Å²) in [6.45, 7) is 1.84. The van der Waals surface area contributed by atoms with Gasteiger partial charge in [-0.3, -0.25) is 19.3 Å². The van der Waals surface area contributed by atoms with Crippen LogP contribution >= 0.6 is 11.3 Å². The van der Waals surface area contributed by atoms with Crippen molar-refractivity contribution in [2.24, 2.45) is 0 Å². The van der Waals surface area contributed by atoms with E-state index in [1.807, 2.05) is 78.2 Å². The van der Waals surface area contributed by atoms with Crippen molar-refractivity contribution in [1.29, 1.82) is 0 Å². The van der Waals surface area contributed by atoms with Gasteiger partial charge in [0.05, 0.1) is 6.42 Å². The molecule has 2 amide bonds. The highest BCUT2D eigenvalue weighted by Gasteiger charge is 2.32. The molecule has 176 valence electrons. The van der Waals surface area contributed by atoms with Gasteiger partial charge in [0, 0.05) is 22.7 Å². The molecule has 1 N–H and O–H groups in total. The van der Waals surface area contributed by atoms with Crippen molar-refractivity contribution >= 4 is 34.6 Å². The molecule has 0 radical (unpaired) electrons. The summed E-state index contributed by atoms with van der Waals surface area (Å²) in [5.41, 5.74) is 2.77. The van der Waals surface area contributed by atoms with E-state index in [2.05, 4.69) is 5.32 Å². The van der Waals surface area contributed by atoms with Gasteiger partial charge in [0.1, 0.15) is 6.04 Å². The van der Waals surface area contributed by atoms with Gasteiger partial charge in [0.2, 0.25) is 11.8 Å². The average molecular weight is 483 g/mol. The maximum absolute atomic E-state index is 13.7. The fourth-order valence-electron chi connectivity index (χ4n) is 3.88. The number of hydrogen-bond acceptors (Lipinski definition) is 4. The Morgan fingerprint density at radius 2 is 1.49 bits per heavy atom. The van der Waals surface area contributed by atoms with Gasteiger partial charge in [-0.05, 0) is 53.8 Å². The van der Waals surface area contributed by atoms with Crippen LogP contribution in [-0.2, 0) is 22.6 Å². The van der Waals surface area contributed by atoms with Gasteiger partial charge in [-0.15, -0.1) is 11.3 Å². The summed E-state index contributed by atoms with van der Waals surface area (Å²) in [4.78, 5) is 41.6. The normalized spacial score (nSPS) is 11.5. The van der Waals surface area contributed by atoms with Gasteiger partial charge < -0.3 is 5.32 Å². The van der Waals surface area contributed by atoms with E-state index in [0.717, 1.165) is 10.4 Å². The van der Waals surface area contributed by atoms with Crippen molar-refractivity contribution in [3.63, 3.8) is 0 Å². The fourth-order valence-corrected chi connectivity index (χ4v) is 4.57. The molecule has 4 rings (SSSR count). The van der Waals surface area contributed by atoms with Crippen LogP contribution in [0.25, 0.3) is 0 Å². The van der Waals surface area contributed by atoms with E-state index >= 15 is 0 Å². The molecule has 0 aliphatic heterocycles. The minimum absolute atomic E-state index is 0.0618. The van der Waals surface area contributed by atoms with E-state index in [0.29, 0.717) is 23.4 Å². The van der Waals surface area contributed by atoms with E-state index in [1.165, 1.54) is 18.3 Å². The zero-order valence-electron chi connectivity index (χ0n) is 19.4. The van der Waals surface area contributed by atoms with Gasteiger partial charge in [-0.2, -0.15) is 0 Å². The van der Waals surface area contributed by atoms with Gasteiger partial charge in [-0.1, -0.05) is 66.7 Å². The molecule has 0 saturated heterocycles. The minimum atomic E-state index is -0.879. The van der Waals surface area contributed by atoms with Crippen molar-refractivity contribution in [3.05, 3.63) is 124 Å². The van der Waals surface area contributed by atoms with Gasteiger partial charge >= 0.3 is 0 Å². The lowest BCUT2D eigenvalue weighted by molar-refractivity contribution is -0.126. The van der Waals surface area contributed by atoms with Gasteiger partial charge in [0.15, 0.2) is 5.78 Å². The molecule has 1 heterocycles. The molecule has 6 heteroatoms. The second-order valence-electron chi connectivity index (χ2n) is 8.14. The summed E-state index contributed by atoms with van der Waals surface area (Å²) in [5, 5.41) is 4.93. The molecule has 4 aromatic rings. The lowest BCUT2D eigenvalue weighted by atomic mass is 10.0. The van der Waals surface area contributed by atoms with Crippen LogP contribution in [0.15, 0.2) is 102 Å². The Kier molecular flexibility index (Phi) is 7.85. The number of nitrogens with one attached hydrogen (secondary N) is 1. The SMILES string of the molecule is CC(=O)c1ccc(N(C(=O)Cc2cccs2)[C@@H](C(=O)NCc2ccccc2)c2ccccc2)cc1. The topological polar surface area (TPSA) is 66.5 Å². The number of ketones is 1. The predicted octanol–water partition coefficient (Wildman–Crippen LogP) is 5.58. The second-order valence-corrected chi connectivity index (χ2v) is 9.17. The number of carbonyl (C=O) groups is 3. The molecule has 0 spiro atoms. The number of carbonyl (C=O) groups excluding carboxylic acids is 3. The van der Waals surface area contributed by atoms with E-state index in [9.17, 15) is 14.4 Å². The van der Waals surface area contributed by atoms with Crippen LogP contribution in [0.5, 0.6) is 0 Å². The first-order valence-electron chi connectivity index (χ1n) is 11.3. The Hall–Kier alpha value is -4.03. The van der Waals surface area contributed by atoms with Crippen LogP contribution in [-0.4, -0.2) is 17.6 Å². The zero-order valence-corrected chi connectivity index (χ0v) is 20.2. The fraction of sp³-hybridized carbons (Fsp3) is 0.138. The lowest BCUT2D eigenvalue weighted by Gasteiger charge is -2.31. The monoisotopic (exact) mass is 482 g/mol. The maximum Gasteiger partial charge on any atom is 0.248 e. The van der Waals surface area contributed by atoms with Crippen LogP contribution < -0.4 is 10.2 Å². The van der Waals surface area contributed by atoms with Crippen molar-refractivity contribution in [2.45, 2.75) is 25.9 Å². The first-order chi connectivity index (χ1) is 17.0. The van der Waals surface area contributed by atoms with Crippen LogP contribution in [0, 0.1) is 0 Å². The van der Waals surface area contributed by atoms with Gasteiger partial charge in [0.25, 0.3) is 0 Å². The third kappa shape index (κ3) is 6.11. The number of hydrogen-bond donors (Lipinski definition) is 1. The van der Waals surface area contributed by atoms with Crippen LogP contribution in [0.2, 0.25) is 0 Å². The second kappa shape index (κ2) is 11.4. The molecular formula is C29H26N2O3S. The summed E-state index contributed by atoms with van der Waals surface area (Å²) in [7, 11) is 0. The first kappa shape index (κ1) is 24.1. The van der Waals surface area contributed by atoms with Crippen molar-refractivity contribution in [3.8, 4) is 0 Å². The van der Waals surface area contributed by atoms with Crippen molar-refractivity contribution < 1.29 is 14.4 Å². The Bertz CT molecular complexity index is 1270. The molecule has 0 aliphatic rings. The number of rotatable bonds is 9. The summed E-state index contributed by atoms with van der Waals surface area (Å²) in [6, 6.07) is 28.7. The third-order valence-corrected chi connectivity index (χ3v) is 6.53. The Balaban J connectivity index is 1.72. The molecule has 35 heavy (non-hydrogen) atoms. The number of amides is 2. The number of thiophene rings is 1. The molecular weight excluding hydrogens is 456 g/mol. The number of nitrogens with zero attached hydrogens (tertiary/aromatic N) is 1. The zero-order chi connectivity index (χ0) is 24.6. The van der Waals surface area contributed by atoms with E-state index in [-0.39, 0.29) is 24.0 Å². The van der Waals surface area contributed by atoms with E-state index < -0.39 is 6.04 Å². The number of Topliss-reactive ketones (excluding diaryl/α,β-unsaturated/α-hetero) is 1.